The van der Waals surface area contributed by atoms with E-state index in [0.29, 0.717) is 43.1 Å². The maximum atomic E-state index is 12.8. The second-order valence-corrected chi connectivity index (χ2v) is 12.0. The third-order valence-electron chi connectivity index (χ3n) is 7.33. The van der Waals surface area contributed by atoms with Crippen LogP contribution in [0.2, 0.25) is 0 Å². The van der Waals surface area contributed by atoms with Gasteiger partial charge < -0.3 is 35.7 Å². The number of nitrogens with one attached hydrogen (secondary N) is 3. The number of alkyl carbamates (subject to hydrolysis) is 1. The Morgan fingerprint density at radius 1 is 1.11 bits per heavy atom. The highest BCUT2D eigenvalue weighted by molar-refractivity contribution is 6.45. The molecule has 5 atom stereocenters. The van der Waals surface area contributed by atoms with E-state index in [2.05, 4.69) is 43.6 Å². The third-order valence-corrected chi connectivity index (χ3v) is 7.33. The summed E-state index contributed by atoms with van der Waals surface area (Å²) in [6.45, 7) is 14.5. The second-order valence-electron chi connectivity index (χ2n) is 12.0. The fourth-order valence-corrected chi connectivity index (χ4v) is 5.31. The molecule has 3 aliphatic carbocycles. The Morgan fingerprint density at radius 2 is 1.78 bits per heavy atom. The highest BCUT2D eigenvalue weighted by Crippen LogP contribution is 2.61. The number of nitrogens with two attached hydrogens (primary N) is 1. The van der Waals surface area contributed by atoms with Gasteiger partial charge in [0.25, 0.3) is 0 Å². The summed E-state index contributed by atoms with van der Waals surface area (Å²) in [7, 11) is -0.474. The molecular weight excluding hydrogens is 475 g/mol. The normalized spacial score (nSPS) is 26.0. The molecule has 0 aromatic rings. The number of amides is 3. The number of rotatable bonds is 10. The Morgan fingerprint density at radius 3 is 2.38 bits per heavy atom. The Kier molecular flexibility index (Phi) is 11.7. The Bertz CT molecular complexity index is 775. The van der Waals surface area contributed by atoms with E-state index in [9.17, 15) is 14.4 Å². The van der Waals surface area contributed by atoms with Crippen molar-refractivity contribution in [2.45, 2.75) is 111 Å². The summed E-state index contributed by atoms with van der Waals surface area (Å²) in [6, 6.07) is -0.715. The second kappa shape index (κ2) is 13.8. The Hall–Kier alpha value is -1.85. The lowest BCUT2D eigenvalue weighted by Crippen LogP contribution is -2.59. The predicted octanol–water partition coefficient (Wildman–Crippen LogP) is 2.53. The zero-order valence-electron chi connectivity index (χ0n) is 23.9. The molecule has 5 unspecified atom stereocenters. The highest BCUT2D eigenvalue weighted by atomic mass is 16.7. The van der Waals surface area contributed by atoms with Crippen LogP contribution >= 0.6 is 0 Å². The van der Waals surface area contributed by atoms with Gasteiger partial charge in [-0.3, -0.25) is 9.59 Å². The van der Waals surface area contributed by atoms with Crippen molar-refractivity contribution >= 4 is 25.0 Å². The van der Waals surface area contributed by atoms with E-state index in [1.54, 1.807) is 20.8 Å². The van der Waals surface area contributed by atoms with E-state index >= 15 is 0 Å². The smallest absolute Gasteiger partial charge is 0.444 e. The molecule has 0 aromatic carbocycles. The quantitative estimate of drug-likeness (QED) is 0.254. The molecule has 3 saturated carbocycles. The molecule has 1 saturated heterocycles. The fraction of sp³-hybridized carbons (Fsp3) is 0.885. The van der Waals surface area contributed by atoms with Crippen molar-refractivity contribution in [3.05, 3.63) is 0 Å². The van der Waals surface area contributed by atoms with Crippen LogP contribution in [0, 0.1) is 17.3 Å². The molecule has 0 radical (unpaired) electrons. The molecule has 4 rings (SSSR count). The van der Waals surface area contributed by atoms with Crippen LogP contribution in [0.25, 0.3) is 0 Å². The lowest BCUT2D eigenvalue weighted by molar-refractivity contribution is -0.150. The number of carbonyl (C=O) groups excluding carboxylic acids is 3. The van der Waals surface area contributed by atoms with Crippen LogP contribution in [-0.2, 0) is 23.6 Å². The number of hydrogen-bond acceptors (Lipinski definition) is 7. The molecule has 1 aliphatic heterocycles. The largest absolute Gasteiger partial charge is 0.478 e. The zero-order valence-corrected chi connectivity index (χ0v) is 23.9. The van der Waals surface area contributed by atoms with Crippen molar-refractivity contribution in [1.29, 1.82) is 0 Å². The lowest BCUT2D eigenvalue weighted by atomic mass is 9.47. The van der Waals surface area contributed by atoms with Crippen molar-refractivity contribution < 1.29 is 28.4 Å². The van der Waals surface area contributed by atoms with Crippen LogP contribution < -0.4 is 21.7 Å². The Balaban J connectivity index is 0.00000153. The van der Waals surface area contributed by atoms with Gasteiger partial charge in [-0.2, -0.15) is 0 Å². The standard InChI is InChI=1S/C23H41BN4O6.C3H8/c1-22(2,3)32-21(31)26-9-7-6-8-16(28-18(29)12-25)20(30)27-13-24-33-17-11-14-10-15(19(17)34-24)23(14,4)5;1-3-2/h14-17,19H,6-13,25H2,1-5H3,(H,26,31)(H,27,30)(H,28,29);3H2,1-2H3. The van der Waals surface area contributed by atoms with Gasteiger partial charge in [-0.1, -0.05) is 34.1 Å². The molecule has 4 fully saturated rings. The molecule has 11 heteroatoms. The summed E-state index contributed by atoms with van der Waals surface area (Å²) in [5, 5.41) is 8.23. The molecule has 3 amide bonds. The zero-order chi connectivity index (χ0) is 27.8. The monoisotopic (exact) mass is 524 g/mol. The van der Waals surface area contributed by atoms with Gasteiger partial charge in [0.1, 0.15) is 11.6 Å². The van der Waals surface area contributed by atoms with Crippen LogP contribution in [0.1, 0.15) is 87.0 Å². The van der Waals surface area contributed by atoms with Crippen LogP contribution in [0.5, 0.6) is 0 Å². The Labute approximate surface area is 223 Å². The van der Waals surface area contributed by atoms with Gasteiger partial charge in [-0.15, -0.1) is 0 Å². The summed E-state index contributed by atoms with van der Waals surface area (Å²) in [5.74, 6) is 0.487. The average molecular weight is 525 g/mol. The van der Waals surface area contributed by atoms with Crippen LogP contribution in [0.4, 0.5) is 4.79 Å². The van der Waals surface area contributed by atoms with Crippen molar-refractivity contribution in [2.75, 3.05) is 19.5 Å². The first kappa shape index (κ1) is 31.4. The first-order chi connectivity index (χ1) is 17.3. The SMILES string of the molecule is CC(C)(C)OC(=O)NCCCCC(NC(=O)CN)C(=O)NCB1OC2CC3CC(C2O1)C3(C)C.CCC. The molecule has 10 nitrogen and oxygen atoms in total. The van der Waals surface area contributed by atoms with Gasteiger partial charge in [-0.05, 0) is 70.1 Å². The van der Waals surface area contributed by atoms with Gasteiger partial charge >= 0.3 is 13.2 Å². The minimum absolute atomic E-state index is 0.0899. The predicted molar refractivity (Wildman–Crippen MR) is 144 cm³/mol. The molecule has 2 bridgehead atoms. The van der Waals surface area contributed by atoms with E-state index in [-0.39, 0.29) is 31.1 Å². The van der Waals surface area contributed by atoms with Crippen molar-refractivity contribution in [1.82, 2.24) is 16.0 Å². The van der Waals surface area contributed by atoms with Crippen LogP contribution in [0.15, 0.2) is 0 Å². The molecule has 4 aliphatic rings. The highest BCUT2D eigenvalue weighted by Gasteiger charge is 2.61. The summed E-state index contributed by atoms with van der Waals surface area (Å²) in [4.78, 5) is 36.4. The maximum absolute atomic E-state index is 12.8. The lowest BCUT2D eigenvalue weighted by Gasteiger charge is -2.60. The minimum atomic E-state index is -0.715. The topological polar surface area (TPSA) is 141 Å². The molecule has 0 aromatic heterocycles. The van der Waals surface area contributed by atoms with Crippen molar-refractivity contribution in [3.8, 4) is 0 Å². The van der Waals surface area contributed by atoms with Crippen LogP contribution in [0.3, 0.4) is 0 Å². The van der Waals surface area contributed by atoms with Crippen molar-refractivity contribution in [2.24, 2.45) is 23.0 Å². The molecule has 212 valence electrons. The average Bonchev–Trinajstić information content (AvgIpc) is 3.23. The molecule has 5 N–H and O–H groups in total. The van der Waals surface area contributed by atoms with E-state index in [4.69, 9.17) is 19.8 Å². The van der Waals surface area contributed by atoms with Gasteiger partial charge in [0.2, 0.25) is 11.8 Å². The van der Waals surface area contributed by atoms with Gasteiger partial charge in [0.05, 0.1) is 25.2 Å². The number of unbranched alkanes of at least 4 members (excludes halogenated alkanes) is 1. The summed E-state index contributed by atoms with van der Waals surface area (Å²) in [5.41, 5.74) is 5.15. The summed E-state index contributed by atoms with van der Waals surface area (Å²) < 4.78 is 17.4. The van der Waals surface area contributed by atoms with E-state index in [1.807, 2.05) is 0 Å². The number of hydrogen-bond donors (Lipinski definition) is 4. The molecule has 37 heavy (non-hydrogen) atoms. The first-order valence-corrected chi connectivity index (χ1v) is 13.9. The number of carbonyl (C=O) groups is 3. The first-order valence-electron chi connectivity index (χ1n) is 13.9. The summed E-state index contributed by atoms with van der Waals surface area (Å²) >= 11 is 0. The number of ether oxygens (including phenoxy) is 1. The van der Waals surface area contributed by atoms with Crippen molar-refractivity contribution in [3.63, 3.8) is 0 Å². The summed E-state index contributed by atoms with van der Waals surface area (Å²) in [6.07, 6.45) is 5.07. The maximum Gasteiger partial charge on any atom is 0.478 e. The van der Waals surface area contributed by atoms with E-state index < -0.39 is 30.8 Å². The molecular formula is C26H49BN4O6. The molecule has 0 spiro atoms. The van der Waals surface area contributed by atoms with Gasteiger partial charge in [0.15, 0.2) is 0 Å². The van der Waals surface area contributed by atoms with E-state index in [0.717, 1.165) is 6.42 Å². The third kappa shape index (κ3) is 9.14. The van der Waals surface area contributed by atoms with E-state index in [1.165, 1.54) is 12.8 Å². The van der Waals surface area contributed by atoms with Gasteiger partial charge in [0, 0.05) is 6.54 Å². The fourth-order valence-electron chi connectivity index (χ4n) is 5.31. The molecule has 1 heterocycles. The van der Waals surface area contributed by atoms with Gasteiger partial charge in [-0.25, -0.2) is 4.79 Å². The minimum Gasteiger partial charge on any atom is -0.444 e. The van der Waals surface area contributed by atoms with Crippen LogP contribution in [-0.4, -0.2) is 68.4 Å².